The largest absolute Gasteiger partial charge is 0.481 e. The van der Waals surface area contributed by atoms with E-state index >= 15 is 0 Å². The lowest BCUT2D eigenvalue weighted by Gasteiger charge is -2.05. The molecule has 2 N–H and O–H groups in total. The molecule has 7 nitrogen and oxygen atoms in total. The number of fused-ring (bicyclic) bond motifs is 1. The summed E-state index contributed by atoms with van der Waals surface area (Å²) in [6.07, 6.45) is 0.0279. The lowest BCUT2D eigenvalue weighted by Crippen LogP contribution is -2.10. The van der Waals surface area contributed by atoms with Crippen LogP contribution in [0.25, 0.3) is 22.3 Å². The van der Waals surface area contributed by atoms with E-state index in [4.69, 9.17) is 9.63 Å². The van der Waals surface area contributed by atoms with Crippen LogP contribution >= 0.6 is 0 Å². The van der Waals surface area contributed by atoms with E-state index in [-0.39, 0.29) is 30.1 Å². The summed E-state index contributed by atoms with van der Waals surface area (Å²) in [5.74, 6) is -0.589. The van der Waals surface area contributed by atoms with Crippen LogP contribution in [0.3, 0.4) is 0 Å². The Morgan fingerprint density at radius 1 is 1.30 bits per heavy atom. The summed E-state index contributed by atoms with van der Waals surface area (Å²) in [5.41, 5.74) is 2.84. The first-order valence-electron chi connectivity index (χ1n) is 7.13. The molecule has 0 saturated carbocycles. The number of nitrogens with zero attached hydrogens (tertiary/aromatic N) is 2. The Bertz CT molecular complexity index is 956. The third-order valence-electron chi connectivity index (χ3n) is 3.56. The quantitative estimate of drug-likeness (QED) is 0.764. The Morgan fingerprint density at radius 2 is 2.09 bits per heavy atom. The van der Waals surface area contributed by atoms with Gasteiger partial charge in [0.1, 0.15) is 0 Å². The van der Waals surface area contributed by atoms with Crippen LogP contribution in [-0.2, 0) is 11.2 Å². The van der Waals surface area contributed by atoms with Crippen LogP contribution in [-0.4, -0.2) is 26.2 Å². The van der Waals surface area contributed by atoms with Crippen molar-refractivity contribution in [2.45, 2.75) is 26.7 Å². The van der Waals surface area contributed by atoms with Gasteiger partial charge in [-0.1, -0.05) is 16.8 Å². The van der Waals surface area contributed by atoms with Gasteiger partial charge < -0.3 is 14.6 Å². The van der Waals surface area contributed by atoms with Gasteiger partial charge in [0.05, 0.1) is 17.5 Å². The zero-order valence-corrected chi connectivity index (χ0v) is 12.7. The van der Waals surface area contributed by atoms with Crippen molar-refractivity contribution in [3.05, 3.63) is 45.6 Å². The van der Waals surface area contributed by atoms with Crippen molar-refractivity contribution < 1.29 is 14.4 Å². The molecule has 0 aliphatic rings. The zero-order valence-electron chi connectivity index (χ0n) is 12.7. The Balaban J connectivity index is 2.04. The summed E-state index contributed by atoms with van der Waals surface area (Å²) >= 11 is 0. The maximum atomic E-state index is 12.3. The number of nitrogens with one attached hydrogen (secondary N) is 1. The summed E-state index contributed by atoms with van der Waals surface area (Å²) in [5, 5.41) is 13.3. The van der Waals surface area contributed by atoms with Gasteiger partial charge in [-0.3, -0.25) is 9.59 Å². The fourth-order valence-electron chi connectivity index (χ4n) is 2.53. The van der Waals surface area contributed by atoms with Gasteiger partial charge in [0, 0.05) is 6.42 Å². The second kappa shape index (κ2) is 5.68. The number of aromatic nitrogens is 3. The van der Waals surface area contributed by atoms with Gasteiger partial charge in [-0.25, -0.2) is 0 Å². The number of aryl methyl sites for hydroxylation is 3. The summed E-state index contributed by atoms with van der Waals surface area (Å²) < 4.78 is 5.01. The Morgan fingerprint density at radius 3 is 2.83 bits per heavy atom. The first kappa shape index (κ1) is 15.0. The van der Waals surface area contributed by atoms with Gasteiger partial charge in [-0.2, -0.15) is 4.98 Å². The molecule has 0 aliphatic heterocycles. The van der Waals surface area contributed by atoms with Gasteiger partial charge in [-0.15, -0.1) is 0 Å². The van der Waals surface area contributed by atoms with Crippen molar-refractivity contribution >= 4 is 16.9 Å². The van der Waals surface area contributed by atoms with E-state index in [0.29, 0.717) is 5.56 Å². The summed E-state index contributed by atoms with van der Waals surface area (Å²) in [4.78, 5) is 29.8. The number of benzene rings is 1. The second-order valence-electron chi connectivity index (χ2n) is 5.46. The number of carboxylic acid groups (broad SMARTS) is 1. The number of aromatic amines is 1. The molecule has 0 amide bonds. The number of rotatable bonds is 4. The lowest BCUT2D eigenvalue weighted by molar-refractivity contribution is -0.137. The van der Waals surface area contributed by atoms with E-state index in [9.17, 15) is 9.59 Å². The number of carboxylic acids is 1. The number of hydrogen-bond acceptors (Lipinski definition) is 5. The molecule has 0 fully saturated rings. The van der Waals surface area contributed by atoms with Crippen LogP contribution in [0.15, 0.2) is 27.5 Å². The van der Waals surface area contributed by atoms with Gasteiger partial charge in [0.15, 0.2) is 0 Å². The van der Waals surface area contributed by atoms with Gasteiger partial charge in [0.2, 0.25) is 11.7 Å². The van der Waals surface area contributed by atoms with Crippen LogP contribution in [0.1, 0.15) is 23.4 Å². The first-order valence-corrected chi connectivity index (χ1v) is 7.13. The molecule has 1 aromatic carbocycles. The molecule has 0 saturated heterocycles. The Hall–Kier alpha value is -2.96. The van der Waals surface area contributed by atoms with Crippen LogP contribution in [0, 0.1) is 13.8 Å². The van der Waals surface area contributed by atoms with Crippen molar-refractivity contribution in [1.29, 1.82) is 0 Å². The standard InChI is InChI=1S/C16H15N3O4/c1-8-5-9(2)14-10(6-8)7-11(16(22)18-14)15-17-12(23-19-15)3-4-13(20)21/h5-7H,3-4H2,1-2H3,(H,18,22)(H,20,21). The molecule has 2 aromatic heterocycles. The first-order chi connectivity index (χ1) is 10.9. The molecule has 23 heavy (non-hydrogen) atoms. The van der Waals surface area contributed by atoms with E-state index in [1.807, 2.05) is 26.0 Å². The number of carbonyl (C=O) groups is 1. The maximum Gasteiger partial charge on any atom is 0.303 e. The average molecular weight is 313 g/mol. The van der Waals surface area contributed by atoms with E-state index in [1.54, 1.807) is 6.07 Å². The molecular formula is C16H15N3O4. The Kier molecular flexibility index (Phi) is 3.69. The molecule has 3 rings (SSSR count). The minimum Gasteiger partial charge on any atom is -0.481 e. The van der Waals surface area contributed by atoms with E-state index in [2.05, 4.69) is 15.1 Å². The number of H-pyrrole nitrogens is 1. The normalized spacial score (nSPS) is 11.0. The topological polar surface area (TPSA) is 109 Å². The summed E-state index contributed by atoms with van der Waals surface area (Å²) in [6.45, 7) is 3.92. The molecule has 0 aliphatic carbocycles. The third kappa shape index (κ3) is 2.98. The van der Waals surface area contributed by atoms with Crippen molar-refractivity contribution in [3.63, 3.8) is 0 Å². The molecule has 3 aromatic rings. The predicted octanol–water partition coefficient (Wildman–Crippen LogP) is 2.21. The highest BCUT2D eigenvalue weighted by molar-refractivity contribution is 5.85. The summed E-state index contributed by atoms with van der Waals surface area (Å²) in [6, 6.07) is 5.68. The average Bonchev–Trinajstić information content (AvgIpc) is 2.94. The van der Waals surface area contributed by atoms with Crippen LogP contribution in [0.2, 0.25) is 0 Å². The lowest BCUT2D eigenvalue weighted by atomic mass is 10.1. The molecule has 0 radical (unpaired) electrons. The third-order valence-corrected chi connectivity index (χ3v) is 3.56. The number of pyridine rings is 1. The highest BCUT2D eigenvalue weighted by Gasteiger charge is 2.14. The smallest absolute Gasteiger partial charge is 0.303 e. The second-order valence-corrected chi connectivity index (χ2v) is 5.46. The van der Waals surface area contributed by atoms with Gasteiger partial charge in [0.25, 0.3) is 5.56 Å². The maximum absolute atomic E-state index is 12.3. The van der Waals surface area contributed by atoms with Crippen molar-refractivity contribution in [1.82, 2.24) is 15.1 Å². The molecule has 0 bridgehead atoms. The van der Waals surface area contributed by atoms with Gasteiger partial charge in [-0.05, 0) is 36.9 Å². The molecular weight excluding hydrogens is 298 g/mol. The van der Waals surface area contributed by atoms with Crippen molar-refractivity contribution in [2.75, 3.05) is 0 Å². The monoisotopic (exact) mass is 313 g/mol. The van der Waals surface area contributed by atoms with Crippen LogP contribution < -0.4 is 5.56 Å². The molecule has 118 valence electrons. The molecule has 7 heteroatoms. The van der Waals surface area contributed by atoms with E-state index < -0.39 is 5.97 Å². The minimum atomic E-state index is -0.945. The molecule has 0 atom stereocenters. The van der Waals surface area contributed by atoms with E-state index in [0.717, 1.165) is 22.0 Å². The molecule has 2 heterocycles. The van der Waals surface area contributed by atoms with Crippen LogP contribution in [0.5, 0.6) is 0 Å². The molecule has 0 unspecified atom stereocenters. The van der Waals surface area contributed by atoms with Crippen molar-refractivity contribution in [3.8, 4) is 11.4 Å². The Labute approximate surface area is 131 Å². The zero-order chi connectivity index (χ0) is 16.6. The SMILES string of the molecule is Cc1cc(C)c2[nH]c(=O)c(-c3noc(CCC(=O)O)n3)cc2c1. The minimum absolute atomic E-state index is 0.103. The highest BCUT2D eigenvalue weighted by Crippen LogP contribution is 2.21. The fourth-order valence-corrected chi connectivity index (χ4v) is 2.53. The number of hydrogen-bond donors (Lipinski definition) is 2. The molecule has 0 spiro atoms. The van der Waals surface area contributed by atoms with E-state index in [1.165, 1.54) is 0 Å². The van der Waals surface area contributed by atoms with Crippen molar-refractivity contribution in [2.24, 2.45) is 0 Å². The fraction of sp³-hybridized carbons (Fsp3) is 0.250. The van der Waals surface area contributed by atoms with Crippen LogP contribution in [0.4, 0.5) is 0 Å². The predicted molar refractivity (Wildman–Crippen MR) is 83.3 cm³/mol. The number of aliphatic carboxylic acids is 1. The summed E-state index contributed by atoms with van der Waals surface area (Å²) in [7, 11) is 0. The highest BCUT2D eigenvalue weighted by atomic mass is 16.5. The van der Waals surface area contributed by atoms with Gasteiger partial charge >= 0.3 is 5.97 Å².